The Labute approximate surface area is 149 Å². The zero-order valence-corrected chi connectivity index (χ0v) is 15.1. The van der Waals surface area contributed by atoms with Gasteiger partial charge >= 0.3 is 0 Å². The molecule has 3 rings (SSSR count). The third-order valence-electron chi connectivity index (χ3n) is 4.84. The molecule has 2 aromatic rings. The van der Waals surface area contributed by atoms with E-state index in [1.807, 2.05) is 38.1 Å². The van der Waals surface area contributed by atoms with Crippen molar-refractivity contribution in [1.29, 1.82) is 0 Å². The van der Waals surface area contributed by atoms with Crippen LogP contribution in [0.25, 0.3) is 0 Å². The molecule has 0 saturated carbocycles. The Kier molecular flexibility index (Phi) is 5.27. The molecule has 0 spiro atoms. The molecular formula is C21H26N2O2. The number of methoxy groups -OCH3 is 1. The van der Waals surface area contributed by atoms with E-state index < -0.39 is 0 Å². The van der Waals surface area contributed by atoms with Gasteiger partial charge in [0.15, 0.2) is 0 Å². The second-order valence-electron chi connectivity index (χ2n) is 6.68. The Morgan fingerprint density at radius 2 is 1.84 bits per heavy atom. The quantitative estimate of drug-likeness (QED) is 0.841. The summed E-state index contributed by atoms with van der Waals surface area (Å²) in [6, 6.07) is 13.7. The molecular weight excluding hydrogens is 312 g/mol. The SMILES string of the molecule is COc1ccccc1C(C)NC(=O)C(C)Nc1ccc2c(c1)CCC2. The minimum atomic E-state index is -0.309. The number of nitrogens with one attached hydrogen (secondary N) is 2. The number of rotatable bonds is 6. The summed E-state index contributed by atoms with van der Waals surface area (Å²) < 4.78 is 5.38. The highest BCUT2D eigenvalue weighted by atomic mass is 16.5. The summed E-state index contributed by atoms with van der Waals surface area (Å²) in [6.07, 6.45) is 3.53. The molecule has 4 nitrogen and oxygen atoms in total. The van der Waals surface area contributed by atoms with Crippen LogP contribution in [-0.2, 0) is 17.6 Å². The highest BCUT2D eigenvalue weighted by molar-refractivity contribution is 5.84. The molecule has 0 aromatic heterocycles. The molecule has 2 unspecified atom stereocenters. The number of anilines is 1. The van der Waals surface area contributed by atoms with Crippen molar-refractivity contribution in [2.45, 2.75) is 45.2 Å². The lowest BCUT2D eigenvalue weighted by molar-refractivity contribution is -0.122. The summed E-state index contributed by atoms with van der Waals surface area (Å²) in [5, 5.41) is 6.38. The summed E-state index contributed by atoms with van der Waals surface area (Å²) in [7, 11) is 1.64. The number of para-hydroxylation sites is 1. The van der Waals surface area contributed by atoms with Crippen molar-refractivity contribution in [3.63, 3.8) is 0 Å². The van der Waals surface area contributed by atoms with Crippen LogP contribution in [0.2, 0.25) is 0 Å². The highest BCUT2D eigenvalue weighted by Gasteiger charge is 2.19. The molecule has 2 N–H and O–H groups in total. The zero-order valence-electron chi connectivity index (χ0n) is 15.1. The van der Waals surface area contributed by atoms with Gasteiger partial charge in [-0.15, -0.1) is 0 Å². The van der Waals surface area contributed by atoms with Crippen LogP contribution in [-0.4, -0.2) is 19.1 Å². The lowest BCUT2D eigenvalue weighted by Crippen LogP contribution is -2.39. The van der Waals surface area contributed by atoms with Crippen LogP contribution in [0.15, 0.2) is 42.5 Å². The molecule has 0 saturated heterocycles. The molecule has 1 aliphatic rings. The van der Waals surface area contributed by atoms with Crippen molar-refractivity contribution in [2.75, 3.05) is 12.4 Å². The lowest BCUT2D eigenvalue weighted by Gasteiger charge is -2.21. The first-order valence-corrected chi connectivity index (χ1v) is 8.90. The van der Waals surface area contributed by atoms with Crippen LogP contribution in [0.5, 0.6) is 5.75 Å². The number of carbonyl (C=O) groups is 1. The Balaban J connectivity index is 1.62. The monoisotopic (exact) mass is 338 g/mol. The number of ether oxygens (including phenoxy) is 1. The van der Waals surface area contributed by atoms with E-state index in [1.54, 1.807) is 7.11 Å². The van der Waals surface area contributed by atoms with Crippen molar-refractivity contribution in [3.05, 3.63) is 59.2 Å². The maximum Gasteiger partial charge on any atom is 0.242 e. The molecule has 0 heterocycles. The number of benzene rings is 2. The van der Waals surface area contributed by atoms with Crippen LogP contribution in [0.4, 0.5) is 5.69 Å². The summed E-state index contributed by atoms with van der Waals surface area (Å²) in [5.74, 6) is 0.758. The lowest BCUT2D eigenvalue weighted by atomic mass is 10.1. The second kappa shape index (κ2) is 7.60. The fourth-order valence-electron chi connectivity index (χ4n) is 3.42. The molecule has 4 heteroatoms. The van der Waals surface area contributed by atoms with E-state index in [2.05, 4.69) is 28.8 Å². The molecule has 1 aliphatic carbocycles. The van der Waals surface area contributed by atoms with Crippen LogP contribution in [0.3, 0.4) is 0 Å². The normalized spacial score (nSPS) is 15.2. The number of aryl methyl sites for hydroxylation is 2. The highest BCUT2D eigenvalue weighted by Crippen LogP contribution is 2.26. The van der Waals surface area contributed by atoms with E-state index in [-0.39, 0.29) is 18.0 Å². The first kappa shape index (κ1) is 17.3. The van der Waals surface area contributed by atoms with Gasteiger partial charge in [-0.2, -0.15) is 0 Å². The number of hydrogen-bond acceptors (Lipinski definition) is 3. The van der Waals surface area contributed by atoms with Crippen molar-refractivity contribution >= 4 is 11.6 Å². The summed E-state index contributed by atoms with van der Waals surface area (Å²) in [4.78, 5) is 12.6. The minimum absolute atomic E-state index is 0.0288. The third-order valence-corrected chi connectivity index (χ3v) is 4.84. The summed E-state index contributed by atoms with van der Waals surface area (Å²) in [6.45, 7) is 3.86. The van der Waals surface area contributed by atoms with Crippen molar-refractivity contribution in [3.8, 4) is 5.75 Å². The average Bonchev–Trinajstić information content (AvgIpc) is 3.09. The van der Waals surface area contributed by atoms with Crippen molar-refractivity contribution in [2.24, 2.45) is 0 Å². The fraction of sp³-hybridized carbons (Fsp3) is 0.381. The number of fused-ring (bicyclic) bond motifs is 1. The Bertz CT molecular complexity index is 757. The molecule has 25 heavy (non-hydrogen) atoms. The van der Waals surface area contributed by atoms with Gasteiger partial charge < -0.3 is 15.4 Å². The minimum Gasteiger partial charge on any atom is -0.496 e. The van der Waals surface area contributed by atoms with Crippen LogP contribution in [0, 0.1) is 0 Å². The Morgan fingerprint density at radius 1 is 1.08 bits per heavy atom. The van der Waals surface area contributed by atoms with E-state index in [0.717, 1.165) is 23.4 Å². The van der Waals surface area contributed by atoms with Crippen LogP contribution in [0.1, 0.15) is 43.0 Å². The van der Waals surface area contributed by atoms with Gasteiger partial charge in [-0.3, -0.25) is 4.79 Å². The van der Waals surface area contributed by atoms with Crippen molar-refractivity contribution in [1.82, 2.24) is 5.32 Å². The first-order valence-electron chi connectivity index (χ1n) is 8.90. The van der Waals surface area contributed by atoms with Crippen LogP contribution >= 0.6 is 0 Å². The van der Waals surface area contributed by atoms with Gasteiger partial charge in [0.2, 0.25) is 5.91 Å². The number of amides is 1. The summed E-state index contributed by atoms with van der Waals surface area (Å²) in [5.41, 5.74) is 4.82. The molecule has 132 valence electrons. The molecule has 0 aliphatic heterocycles. The van der Waals surface area contributed by atoms with Gasteiger partial charge in [0.1, 0.15) is 11.8 Å². The predicted molar refractivity (Wildman–Crippen MR) is 101 cm³/mol. The largest absolute Gasteiger partial charge is 0.496 e. The first-order chi connectivity index (χ1) is 12.1. The van der Waals surface area contributed by atoms with Crippen LogP contribution < -0.4 is 15.4 Å². The zero-order chi connectivity index (χ0) is 17.8. The molecule has 0 radical (unpaired) electrons. The number of hydrogen-bond donors (Lipinski definition) is 2. The fourth-order valence-corrected chi connectivity index (χ4v) is 3.42. The van der Waals surface area contributed by atoms with Gasteiger partial charge in [0.25, 0.3) is 0 Å². The topological polar surface area (TPSA) is 50.4 Å². The van der Waals surface area contributed by atoms with E-state index in [9.17, 15) is 4.79 Å². The maximum atomic E-state index is 12.6. The molecule has 0 fully saturated rings. The Morgan fingerprint density at radius 3 is 2.64 bits per heavy atom. The predicted octanol–water partition coefficient (Wildman–Crippen LogP) is 3.86. The average molecular weight is 338 g/mol. The van der Waals surface area contributed by atoms with Gasteiger partial charge in [-0.25, -0.2) is 0 Å². The van der Waals surface area contributed by atoms with Crippen molar-refractivity contribution < 1.29 is 9.53 Å². The van der Waals surface area contributed by atoms with Gasteiger partial charge in [0, 0.05) is 11.3 Å². The third kappa shape index (κ3) is 3.95. The second-order valence-corrected chi connectivity index (χ2v) is 6.68. The van der Waals surface area contributed by atoms with E-state index in [1.165, 1.54) is 24.0 Å². The Hall–Kier alpha value is -2.49. The summed E-state index contributed by atoms with van der Waals surface area (Å²) >= 11 is 0. The molecule has 0 bridgehead atoms. The molecule has 1 amide bonds. The smallest absolute Gasteiger partial charge is 0.242 e. The number of carbonyl (C=O) groups excluding carboxylic acids is 1. The van der Waals surface area contributed by atoms with Gasteiger partial charge in [-0.1, -0.05) is 24.3 Å². The van der Waals surface area contributed by atoms with Gasteiger partial charge in [-0.05, 0) is 62.4 Å². The van der Waals surface area contributed by atoms with E-state index in [0.29, 0.717) is 0 Å². The van der Waals surface area contributed by atoms with E-state index >= 15 is 0 Å². The molecule has 2 aromatic carbocycles. The van der Waals surface area contributed by atoms with Gasteiger partial charge in [0.05, 0.1) is 13.2 Å². The maximum absolute atomic E-state index is 12.6. The van der Waals surface area contributed by atoms with E-state index in [4.69, 9.17) is 4.74 Å². The molecule has 2 atom stereocenters. The standard InChI is InChI=1S/C21H26N2O2/c1-14(19-9-4-5-10-20(19)25-3)23-21(24)15(2)22-18-12-11-16-7-6-8-17(16)13-18/h4-5,9-15,22H,6-8H2,1-3H3,(H,23,24).